The zero-order valence-corrected chi connectivity index (χ0v) is 14.5. The maximum Gasteiger partial charge on any atom is 0.0996 e. The first-order chi connectivity index (χ1) is 10.7. The van der Waals surface area contributed by atoms with Gasteiger partial charge in [0.25, 0.3) is 0 Å². The lowest BCUT2D eigenvalue weighted by Gasteiger charge is -2.52. The van der Waals surface area contributed by atoms with Crippen LogP contribution in [0.4, 0.5) is 0 Å². The second-order valence-corrected chi connectivity index (χ2v) is 7.40. The van der Waals surface area contributed by atoms with Gasteiger partial charge in [-0.05, 0) is 73.7 Å². The van der Waals surface area contributed by atoms with Crippen LogP contribution in [0, 0.1) is 17.3 Å². The van der Waals surface area contributed by atoms with Crippen molar-refractivity contribution in [3.05, 3.63) is 35.1 Å². The molecule has 1 saturated carbocycles. The first kappa shape index (κ1) is 15.9. The molecule has 22 heavy (non-hydrogen) atoms. The van der Waals surface area contributed by atoms with Gasteiger partial charge in [0.1, 0.15) is 0 Å². The number of methoxy groups -OCH3 is 1. The van der Waals surface area contributed by atoms with Crippen LogP contribution in [0.5, 0.6) is 0 Å². The van der Waals surface area contributed by atoms with Crippen LogP contribution < -0.4 is 5.32 Å². The first-order valence-electron chi connectivity index (χ1n) is 9.00. The SMILES string of the molecule is CNCC[C@@]12CCCC[C@@H]1[C@@H](C)CC1=C2C=C(OC)CC=C1. The van der Waals surface area contributed by atoms with E-state index in [1.165, 1.54) is 38.5 Å². The molecule has 2 nitrogen and oxygen atoms in total. The molecule has 122 valence electrons. The minimum absolute atomic E-state index is 0.368. The van der Waals surface area contributed by atoms with Crippen molar-refractivity contribution >= 4 is 0 Å². The third-order valence-corrected chi connectivity index (χ3v) is 6.24. The van der Waals surface area contributed by atoms with E-state index in [0.29, 0.717) is 5.41 Å². The van der Waals surface area contributed by atoms with Crippen LogP contribution >= 0.6 is 0 Å². The number of nitrogens with one attached hydrogen (secondary N) is 1. The standard InChI is InChI=1S/C20H31NO/c1-15-13-16-7-6-8-17(22-3)14-19(16)20(11-12-21-2)10-5-4-9-18(15)20/h6-7,14-15,18,21H,4-5,8-13H2,1-3H3/t15-,18+,20-/m0/s1. The molecule has 3 aliphatic carbocycles. The van der Waals surface area contributed by atoms with E-state index in [1.54, 1.807) is 11.1 Å². The zero-order chi connectivity index (χ0) is 15.6. The second-order valence-electron chi connectivity index (χ2n) is 7.40. The molecular formula is C20H31NO. The Bertz CT molecular complexity index is 502. The van der Waals surface area contributed by atoms with Crippen LogP contribution in [0.3, 0.4) is 0 Å². The lowest BCUT2D eigenvalue weighted by Crippen LogP contribution is -2.44. The summed E-state index contributed by atoms with van der Waals surface area (Å²) in [5.41, 5.74) is 3.55. The molecule has 2 heteroatoms. The molecule has 3 atom stereocenters. The van der Waals surface area contributed by atoms with Gasteiger partial charge in [0.2, 0.25) is 0 Å². The molecule has 0 heterocycles. The largest absolute Gasteiger partial charge is 0.501 e. The van der Waals surface area contributed by atoms with Crippen molar-refractivity contribution in [3.63, 3.8) is 0 Å². The average molecular weight is 301 g/mol. The third-order valence-electron chi connectivity index (χ3n) is 6.24. The Morgan fingerprint density at radius 2 is 2.23 bits per heavy atom. The second kappa shape index (κ2) is 6.62. The molecule has 0 unspecified atom stereocenters. The Morgan fingerprint density at radius 3 is 3.00 bits per heavy atom. The van der Waals surface area contributed by atoms with Gasteiger partial charge in [0.05, 0.1) is 12.9 Å². The van der Waals surface area contributed by atoms with E-state index >= 15 is 0 Å². The Morgan fingerprint density at radius 1 is 1.36 bits per heavy atom. The monoisotopic (exact) mass is 301 g/mol. The van der Waals surface area contributed by atoms with Gasteiger partial charge in [-0.3, -0.25) is 0 Å². The fraction of sp³-hybridized carbons (Fsp3) is 0.700. The predicted molar refractivity (Wildman–Crippen MR) is 92.6 cm³/mol. The molecule has 1 N–H and O–H groups in total. The van der Waals surface area contributed by atoms with Crippen molar-refractivity contribution in [2.75, 3.05) is 20.7 Å². The highest BCUT2D eigenvalue weighted by atomic mass is 16.5. The first-order valence-corrected chi connectivity index (χ1v) is 9.00. The molecule has 0 aliphatic heterocycles. The van der Waals surface area contributed by atoms with Crippen molar-refractivity contribution in [1.82, 2.24) is 5.32 Å². The van der Waals surface area contributed by atoms with Crippen LogP contribution in [0.1, 0.15) is 51.9 Å². The molecule has 0 amide bonds. The highest BCUT2D eigenvalue weighted by Crippen LogP contribution is 2.58. The molecule has 1 fully saturated rings. The lowest BCUT2D eigenvalue weighted by atomic mass is 9.52. The van der Waals surface area contributed by atoms with Gasteiger partial charge in [-0.25, -0.2) is 0 Å². The van der Waals surface area contributed by atoms with E-state index < -0.39 is 0 Å². The van der Waals surface area contributed by atoms with Gasteiger partial charge in [-0.15, -0.1) is 0 Å². The topological polar surface area (TPSA) is 21.3 Å². The van der Waals surface area contributed by atoms with Gasteiger partial charge in [0.15, 0.2) is 0 Å². The fourth-order valence-electron chi connectivity index (χ4n) is 5.22. The van der Waals surface area contributed by atoms with E-state index in [-0.39, 0.29) is 0 Å². The normalized spacial score (nSPS) is 34.6. The summed E-state index contributed by atoms with van der Waals surface area (Å²) in [4.78, 5) is 0. The molecule has 0 spiro atoms. The quantitative estimate of drug-likeness (QED) is 0.819. The number of rotatable bonds is 4. The third kappa shape index (κ3) is 2.67. The maximum atomic E-state index is 5.64. The molecule has 0 saturated heterocycles. The van der Waals surface area contributed by atoms with Gasteiger partial charge in [-0.2, -0.15) is 0 Å². The van der Waals surface area contributed by atoms with Gasteiger partial charge in [-0.1, -0.05) is 31.9 Å². The Hall–Kier alpha value is -1.02. The molecule has 3 rings (SSSR count). The van der Waals surface area contributed by atoms with Gasteiger partial charge in [0, 0.05) is 6.42 Å². The number of ether oxygens (including phenoxy) is 1. The van der Waals surface area contributed by atoms with Crippen molar-refractivity contribution in [2.45, 2.75) is 51.9 Å². The highest BCUT2D eigenvalue weighted by molar-refractivity contribution is 5.45. The Balaban J connectivity index is 2.09. The van der Waals surface area contributed by atoms with Crippen LogP contribution in [0.15, 0.2) is 35.1 Å². The number of fused-ring (bicyclic) bond motifs is 2. The van der Waals surface area contributed by atoms with Gasteiger partial charge < -0.3 is 10.1 Å². The predicted octanol–water partition coefficient (Wildman–Crippen LogP) is 4.60. The average Bonchev–Trinajstić information content (AvgIpc) is 2.75. The van der Waals surface area contributed by atoms with E-state index in [0.717, 1.165) is 30.6 Å². The molecule has 0 aromatic heterocycles. The minimum atomic E-state index is 0.368. The molecular weight excluding hydrogens is 270 g/mol. The number of allylic oxidation sites excluding steroid dienone is 5. The molecule has 0 bridgehead atoms. The summed E-state index contributed by atoms with van der Waals surface area (Å²) in [6.07, 6.45) is 16.1. The summed E-state index contributed by atoms with van der Waals surface area (Å²) < 4.78 is 5.64. The Labute approximate surface area is 135 Å². The number of hydrogen-bond acceptors (Lipinski definition) is 2. The summed E-state index contributed by atoms with van der Waals surface area (Å²) in [5, 5.41) is 3.40. The molecule has 0 radical (unpaired) electrons. The van der Waals surface area contributed by atoms with E-state index in [9.17, 15) is 0 Å². The van der Waals surface area contributed by atoms with Crippen LogP contribution in [0.25, 0.3) is 0 Å². The smallest absolute Gasteiger partial charge is 0.0996 e. The Kier molecular flexibility index (Phi) is 4.77. The molecule has 3 aliphatic rings. The van der Waals surface area contributed by atoms with Gasteiger partial charge >= 0.3 is 0 Å². The van der Waals surface area contributed by atoms with Crippen LogP contribution in [-0.4, -0.2) is 20.7 Å². The van der Waals surface area contributed by atoms with Crippen molar-refractivity contribution < 1.29 is 4.74 Å². The number of hydrogen-bond donors (Lipinski definition) is 1. The van der Waals surface area contributed by atoms with Crippen molar-refractivity contribution in [2.24, 2.45) is 17.3 Å². The van der Waals surface area contributed by atoms with E-state index in [1.807, 2.05) is 7.11 Å². The van der Waals surface area contributed by atoms with E-state index in [2.05, 4.69) is 37.5 Å². The minimum Gasteiger partial charge on any atom is -0.501 e. The maximum absolute atomic E-state index is 5.64. The summed E-state index contributed by atoms with van der Waals surface area (Å²) >= 11 is 0. The van der Waals surface area contributed by atoms with E-state index in [4.69, 9.17) is 4.74 Å². The summed E-state index contributed by atoms with van der Waals surface area (Å²) in [5.74, 6) is 2.77. The summed E-state index contributed by atoms with van der Waals surface area (Å²) in [6, 6.07) is 0. The molecule has 0 aromatic rings. The van der Waals surface area contributed by atoms with Crippen LogP contribution in [-0.2, 0) is 4.74 Å². The van der Waals surface area contributed by atoms with Crippen molar-refractivity contribution in [1.29, 1.82) is 0 Å². The van der Waals surface area contributed by atoms with Crippen molar-refractivity contribution in [3.8, 4) is 0 Å². The van der Waals surface area contributed by atoms with Crippen LogP contribution in [0.2, 0.25) is 0 Å². The summed E-state index contributed by atoms with van der Waals surface area (Å²) in [7, 11) is 3.90. The fourth-order valence-corrected chi connectivity index (χ4v) is 5.22. The summed E-state index contributed by atoms with van der Waals surface area (Å²) in [6.45, 7) is 3.59. The lowest BCUT2D eigenvalue weighted by molar-refractivity contribution is 0.0686. The molecule has 0 aromatic carbocycles. The highest BCUT2D eigenvalue weighted by Gasteiger charge is 2.48. The zero-order valence-electron chi connectivity index (χ0n) is 14.5.